The molecule has 1 aliphatic rings. The van der Waals surface area contributed by atoms with E-state index in [2.05, 4.69) is 16.8 Å². The van der Waals surface area contributed by atoms with Crippen LogP contribution in [0.3, 0.4) is 0 Å². The molecule has 134 valence electrons. The third kappa shape index (κ3) is 3.19. The second kappa shape index (κ2) is 6.75. The number of anilines is 2. The lowest BCUT2D eigenvalue weighted by Gasteiger charge is -2.34. The molecule has 1 saturated heterocycles. The van der Waals surface area contributed by atoms with Crippen LogP contribution >= 0.6 is 11.3 Å². The van der Waals surface area contributed by atoms with Gasteiger partial charge in [-0.2, -0.15) is 0 Å². The van der Waals surface area contributed by atoms with Crippen LogP contribution in [0, 0.1) is 0 Å². The van der Waals surface area contributed by atoms with Gasteiger partial charge in [-0.15, -0.1) is 11.3 Å². The van der Waals surface area contributed by atoms with Gasteiger partial charge in [-0.25, -0.2) is 14.6 Å². The predicted octanol–water partition coefficient (Wildman–Crippen LogP) is 1.73. The van der Waals surface area contributed by atoms with Crippen molar-refractivity contribution >= 4 is 45.1 Å². The zero-order chi connectivity index (χ0) is 18.1. The van der Waals surface area contributed by atoms with Crippen LogP contribution in [-0.2, 0) is 6.42 Å². The molecule has 0 saturated carbocycles. The normalized spacial score (nSPS) is 14.9. The highest BCUT2D eigenvalue weighted by Gasteiger charge is 2.24. The fourth-order valence-corrected chi connectivity index (χ4v) is 4.10. The quantitative estimate of drug-likeness (QED) is 0.759. The number of urea groups is 1. The smallest absolute Gasteiger partial charge is 0.348 e. The van der Waals surface area contributed by atoms with E-state index in [1.165, 1.54) is 0 Å². The van der Waals surface area contributed by atoms with Crippen LogP contribution in [0.15, 0.2) is 6.07 Å². The van der Waals surface area contributed by atoms with Crippen molar-refractivity contribution in [2.75, 3.05) is 36.8 Å². The lowest BCUT2D eigenvalue weighted by atomic mass is 10.1. The van der Waals surface area contributed by atoms with E-state index < -0.39 is 12.0 Å². The topological polar surface area (TPSA) is 126 Å². The van der Waals surface area contributed by atoms with Crippen molar-refractivity contribution in [2.24, 2.45) is 5.73 Å². The minimum absolute atomic E-state index is 0.135. The lowest BCUT2D eigenvalue weighted by Crippen LogP contribution is -2.50. The number of carbonyl (C=O) groups is 2. The fourth-order valence-electron chi connectivity index (χ4n) is 3.13. The van der Waals surface area contributed by atoms with Crippen LogP contribution in [0.1, 0.15) is 28.6 Å². The lowest BCUT2D eigenvalue weighted by molar-refractivity contribution is 0.0703. The number of piperazine rings is 1. The summed E-state index contributed by atoms with van der Waals surface area (Å²) in [5.74, 6) is -0.238. The monoisotopic (exact) mass is 363 g/mol. The summed E-state index contributed by atoms with van der Waals surface area (Å²) >= 11 is 1.11. The van der Waals surface area contributed by atoms with Crippen molar-refractivity contribution in [3.63, 3.8) is 0 Å². The molecule has 0 bridgehead atoms. The first-order chi connectivity index (χ1) is 11.9. The molecule has 8 nitrogen and oxygen atoms in total. The van der Waals surface area contributed by atoms with E-state index in [1.54, 1.807) is 4.90 Å². The predicted molar refractivity (Wildman–Crippen MR) is 98.4 cm³/mol. The maximum Gasteiger partial charge on any atom is 0.348 e. The summed E-state index contributed by atoms with van der Waals surface area (Å²) in [4.78, 5) is 31.8. The van der Waals surface area contributed by atoms with Gasteiger partial charge < -0.3 is 26.4 Å². The van der Waals surface area contributed by atoms with Gasteiger partial charge in [-0.05, 0) is 18.1 Å². The van der Waals surface area contributed by atoms with E-state index >= 15 is 0 Å². The van der Waals surface area contributed by atoms with E-state index in [0.717, 1.165) is 40.9 Å². The summed E-state index contributed by atoms with van der Waals surface area (Å²) < 4.78 is 0. The van der Waals surface area contributed by atoms with Crippen molar-refractivity contribution in [3.05, 3.63) is 16.5 Å². The van der Waals surface area contributed by atoms with Gasteiger partial charge in [0.05, 0.1) is 5.69 Å². The summed E-state index contributed by atoms with van der Waals surface area (Å²) in [5.41, 5.74) is 12.7. The number of hydrogen-bond donors (Lipinski definition) is 3. The van der Waals surface area contributed by atoms with Crippen LogP contribution in [0.4, 0.5) is 16.3 Å². The molecule has 3 rings (SSSR count). The number of primary amides is 1. The number of nitrogens with zero attached hydrogens (tertiary/aromatic N) is 3. The molecule has 0 unspecified atom stereocenters. The Morgan fingerprint density at radius 1 is 1.32 bits per heavy atom. The van der Waals surface area contributed by atoms with Gasteiger partial charge in [-0.3, -0.25) is 0 Å². The van der Waals surface area contributed by atoms with E-state index in [1.807, 2.05) is 6.07 Å². The van der Waals surface area contributed by atoms with E-state index in [4.69, 9.17) is 11.5 Å². The van der Waals surface area contributed by atoms with Gasteiger partial charge in [0.2, 0.25) is 0 Å². The third-order valence-electron chi connectivity index (χ3n) is 4.40. The Morgan fingerprint density at radius 3 is 2.56 bits per heavy atom. The van der Waals surface area contributed by atoms with Crippen molar-refractivity contribution in [1.82, 2.24) is 9.88 Å². The van der Waals surface area contributed by atoms with Crippen molar-refractivity contribution in [2.45, 2.75) is 19.8 Å². The zero-order valence-corrected chi connectivity index (χ0v) is 14.8. The Hall–Kier alpha value is -2.55. The molecule has 0 spiro atoms. The number of amides is 2. The number of carboxylic acids is 1. The second-order valence-electron chi connectivity index (χ2n) is 6.03. The number of pyridine rings is 1. The van der Waals surface area contributed by atoms with Gasteiger partial charge >= 0.3 is 12.0 Å². The maximum absolute atomic E-state index is 11.4. The Labute approximate surface area is 149 Å². The van der Waals surface area contributed by atoms with Crippen molar-refractivity contribution < 1.29 is 14.7 Å². The number of aromatic carboxylic acids is 1. The number of carbonyl (C=O) groups excluding carboxylic acids is 1. The number of aryl methyl sites for hydroxylation is 1. The van der Waals surface area contributed by atoms with Crippen LogP contribution < -0.4 is 16.4 Å². The molecule has 0 aromatic carbocycles. The molecule has 0 atom stereocenters. The summed E-state index contributed by atoms with van der Waals surface area (Å²) in [6.07, 6.45) is 1.72. The average molecular weight is 363 g/mol. The number of fused-ring (bicyclic) bond motifs is 1. The third-order valence-corrected chi connectivity index (χ3v) is 5.48. The SMILES string of the molecule is CCCc1cc(N2CCN(C(N)=O)CC2)nc2sc(C(=O)O)c(N)c12. The van der Waals surface area contributed by atoms with Crippen LogP contribution in [0.25, 0.3) is 10.2 Å². The zero-order valence-electron chi connectivity index (χ0n) is 14.0. The Bertz CT molecular complexity index is 827. The number of aromatic nitrogens is 1. The molecule has 2 aromatic rings. The Morgan fingerprint density at radius 2 is 2.00 bits per heavy atom. The number of carboxylic acid groups (broad SMARTS) is 1. The van der Waals surface area contributed by atoms with Gasteiger partial charge in [0.15, 0.2) is 0 Å². The molecular weight excluding hydrogens is 342 g/mol. The van der Waals surface area contributed by atoms with Crippen molar-refractivity contribution in [3.8, 4) is 0 Å². The first-order valence-corrected chi connectivity index (χ1v) is 8.98. The molecule has 2 amide bonds. The Balaban J connectivity index is 2.00. The number of nitrogens with two attached hydrogens (primary N) is 2. The molecule has 2 aromatic heterocycles. The second-order valence-corrected chi connectivity index (χ2v) is 7.03. The molecule has 5 N–H and O–H groups in total. The standard InChI is InChI=1S/C16H21N5O3S/c1-2-3-9-8-10(20-4-6-21(7-5-20)16(18)24)19-14-11(9)12(17)13(25-14)15(22)23/h8H,2-7,17H2,1H3,(H2,18,24)(H,22,23). The highest BCUT2D eigenvalue weighted by molar-refractivity contribution is 7.21. The molecule has 1 fully saturated rings. The van der Waals surface area contributed by atoms with Crippen LogP contribution in [0.5, 0.6) is 0 Å². The highest BCUT2D eigenvalue weighted by atomic mass is 32.1. The van der Waals surface area contributed by atoms with Gasteiger partial charge in [0, 0.05) is 31.6 Å². The van der Waals surface area contributed by atoms with E-state index in [9.17, 15) is 14.7 Å². The molecule has 1 aliphatic heterocycles. The van der Waals surface area contributed by atoms with Crippen LogP contribution in [0.2, 0.25) is 0 Å². The molecule has 0 aliphatic carbocycles. The van der Waals surface area contributed by atoms with Gasteiger partial charge in [0.1, 0.15) is 15.5 Å². The van der Waals surface area contributed by atoms with Crippen LogP contribution in [-0.4, -0.2) is 53.2 Å². The first-order valence-electron chi connectivity index (χ1n) is 8.16. The number of nitrogen functional groups attached to an aromatic ring is 1. The average Bonchev–Trinajstić information content (AvgIpc) is 2.92. The Kier molecular flexibility index (Phi) is 4.67. The summed E-state index contributed by atoms with van der Waals surface area (Å²) in [6.45, 7) is 4.44. The number of hydrogen-bond acceptors (Lipinski definition) is 6. The molecule has 9 heteroatoms. The van der Waals surface area contributed by atoms with E-state index in [0.29, 0.717) is 36.7 Å². The number of rotatable bonds is 4. The van der Waals surface area contributed by atoms with Gasteiger partial charge in [0.25, 0.3) is 0 Å². The molecule has 25 heavy (non-hydrogen) atoms. The first kappa shape index (κ1) is 17.3. The molecule has 3 heterocycles. The van der Waals surface area contributed by atoms with Crippen molar-refractivity contribution in [1.29, 1.82) is 0 Å². The molecular formula is C16H21N5O3S. The summed E-state index contributed by atoms with van der Waals surface area (Å²) in [5, 5.41) is 10.1. The minimum atomic E-state index is -1.03. The fraction of sp³-hybridized carbons (Fsp3) is 0.438. The largest absolute Gasteiger partial charge is 0.477 e. The van der Waals surface area contributed by atoms with E-state index in [-0.39, 0.29) is 4.88 Å². The molecule has 0 radical (unpaired) electrons. The maximum atomic E-state index is 11.4. The highest BCUT2D eigenvalue weighted by Crippen LogP contribution is 2.37. The summed E-state index contributed by atoms with van der Waals surface area (Å²) in [7, 11) is 0. The minimum Gasteiger partial charge on any atom is -0.477 e. The number of thiophene rings is 1. The van der Waals surface area contributed by atoms with Gasteiger partial charge in [-0.1, -0.05) is 13.3 Å². The summed E-state index contributed by atoms with van der Waals surface area (Å²) in [6, 6.07) is 1.58.